The van der Waals surface area contributed by atoms with E-state index in [4.69, 9.17) is 14.6 Å². The van der Waals surface area contributed by atoms with Crippen LogP contribution in [-0.2, 0) is 14.3 Å². The molecule has 1 saturated carbocycles. The van der Waals surface area contributed by atoms with Crippen LogP contribution in [0.1, 0.15) is 32.1 Å². The Morgan fingerprint density at radius 1 is 1.24 bits per heavy atom. The van der Waals surface area contributed by atoms with Gasteiger partial charge in [0, 0.05) is 45.2 Å². The fourth-order valence-electron chi connectivity index (χ4n) is 3.58. The van der Waals surface area contributed by atoms with E-state index < -0.39 is 12.1 Å². The highest BCUT2D eigenvalue weighted by atomic mass is 19.4. The van der Waals surface area contributed by atoms with E-state index in [0.29, 0.717) is 24.6 Å². The van der Waals surface area contributed by atoms with Gasteiger partial charge in [0.05, 0.1) is 6.61 Å². The van der Waals surface area contributed by atoms with Gasteiger partial charge in [-0.05, 0) is 31.6 Å². The van der Waals surface area contributed by atoms with Crippen LogP contribution in [-0.4, -0.2) is 78.4 Å². The summed E-state index contributed by atoms with van der Waals surface area (Å²) in [6, 6.07) is 1.08. The lowest BCUT2D eigenvalue weighted by Gasteiger charge is -2.39. The van der Waals surface area contributed by atoms with Gasteiger partial charge >= 0.3 is 12.1 Å². The van der Waals surface area contributed by atoms with Gasteiger partial charge in [0.2, 0.25) is 5.91 Å². The lowest BCUT2D eigenvalue weighted by atomic mass is 9.96. The number of likely N-dealkylation sites (tertiary alicyclic amines) is 2. The number of hydrogen-bond acceptors (Lipinski definition) is 4. The van der Waals surface area contributed by atoms with Crippen molar-refractivity contribution in [2.24, 2.45) is 5.92 Å². The van der Waals surface area contributed by atoms with Crippen molar-refractivity contribution in [1.29, 1.82) is 0 Å². The first kappa shape index (κ1) is 20.0. The third-order valence-corrected chi connectivity index (χ3v) is 4.97. The molecule has 3 fully saturated rings. The predicted molar refractivity (Wildman–Crippen MR) is 83.0 cm³/mol. The zero-order valence-electron chi connectivity index (χ0n) is 14.3. The summed E-state index contributed by atoms with van der Waals surface area (Å²) >= 11 is 0. The number of halogens is 3. The number of methoxy groups -OCH3 is 1. The largest absolute Gasteiger partial charge is 0.490 e. The van der Waals surface area contributed by atoms with Crippen LogP contribution in [0.2, 0.25) is 0 Å². The van der Waals surface area contributed by atoms with Gasteiger partial charge in [-0.1, -0.05) is 0 Å². The van der Waals surface area contributed by atoms with Gasteiger partial charge < -0.3 is 14.7 Å². The van der Waals surface area contributed by atoms with E-state index in [1.165, 1.54) is 25.9 Å². The summed E-state index contributed by atoms with van der Waals surface area (Å²) in [7, 11) is 1.71. The molecule has 2 atom stereocenters. The van der Waals surface area contributed by atoms with E-state index in [9.17, 15) is 18.0 Å². The van der Waals surface area contributed by atoms with Crippen LogP contribution in [0.5, 0.6) is 0 Å². The molecule has 3 aliphatic rings. The molecule has 0 aromatic carbocycles. The van der Waals surface area contributed by atoms with E-state index in [-0.39, 0.29) is 0 Å². The molecule has 2 aliphatic heterocycles. The summed E-state index contributed by atoms with van der Waals surface area (Å²) in [6.45, 7) is 3.89. The standard InChI is InChI=1S/C14H24N2O2.C2HF3O2/c1-18-9-8-16-13-6-7-15(10-11-2-3-11)12(13)4-5-14(16)17;3-2(4,5)1(6)7/h11-13H,2-10H2,1H3;(H,6,7)/t12-,13-;/m1./s1. The van der Waals surface area contributed by atoms with Gasteiger partial charge in [-0.15, -0.1) is 0 Å². The minimum absolute atomic E-state index is 0.335. The van der Waals surface area contributed by atoms with Gasteiger partial charge in [-0.3, -0.25) is 9.69 Å². The second kappa shape index (κ2) is 8.35. The first-order valence-electron chi connectivity index (χ1n) is 8.56. The molecular formula is C16H25F3N2O4. The van der Waals surface area contributed by atoms with Crippen molar-refractivity contribution in [1.82, 2.24) is 9.80 Å². The Hall–Kier alpha value is -1.35. The Morgan fingerprint density at radius 2 is 1.88 bits per heavy atom. The molecule has 3 rings (SSSR count). The summed E-state index contributed by atoms with van der Waals surface area (Å²) in [5.74, 6) is -1.47. The number of aliphatic carboxylic acids is 1. The SMILES string of the molecule is COCCN1C(=O)CC[C@@H]2[C@H]1CCN2CC1CC1.O=C(O)C(F)(F)F. The zero-order valence-corrected chi connectivity index (χ0v) is 14.3. The molecule has 2 heterocycles. The molecule has 25 heavy (non-hydrogen) atoms. The monoisotopic (exact) mass is 366 g/mol. The number of fused-ring (bicyclic) bond motifs is 1. The number of carbonyl (C=O) groups is 2. The molecule has 0 aromatic rings. The lowest BCUT2D eigenvalue weighted by molar-refractivity contribution is -0.192. The molecule has 0 radical (unpaired) electrons. The molecule has 6 nitrogen and oxygen atoms in total. The first-order valence-corrected chi connectivity index (χ1v) is 8.56. The molecular weight excluding hydrogens is 341 g/mol. The molecule has 1 N–H and O–H groups in total. The molecule has 1 aliphatic carbocycles. The summed E-state index contributed by atoms with van der Waals surface area (Å²) in [4.78, 5) is 25.7. The van der Waals surface area contributed by atoms with Crippen molar-refractivity contribution >= 4 is 11.9 Å². The van der Waals surface area contributed by atoms with Crippen LogP contribution < -0.4 is 0 Å². The van der Waals surface area contributed by atoms with E-state index >= 15 is 0 Å². The Balaban J connectivity index is 0.000000277. The fourth-order valence-corrected chi connectivity index (χ4v) is 3.58. The maximum atomic E-state index is 12.0. The van der Waals surface area contributed by atoms with Crippen molar-refractivity contribution in [2.45, 2.75) is 50.4 Å². The molecule has 0 unspecified atom stereocenters. The number of piperidine rings is 1. The molecule has 0 bridgehead atoms. The van der Waals surface area contributed by atoms with Crippen molar-refractivity contribution in [3.63, 3.8) is 0 Å². The smallest absolute Gasteiger partial charge is 0.475 e. The van der Waals surface area contributed by atoms with Crippen LogP contribution >= 0.6 is 0 Å². The van der Waals surface area contributed by atoms with Crippen LogP contribution in [0.3, 0.4) is 0 Å². The molecule has 144 valence electrons. The second-order valence-corrected chi connectivity index (χ2v) is 6.78. The van der Waals surface area contributed by atoms with Crippen molar-refractivity contribution in [3.8, 4) is 0 Å². The van der Waals surface area contributed by atoms with E-state index in [1.807, 2.05) is 0 Å². The Morgan fingerprint density at radius 3 is 2.40 bits per heavy atom. The second-order valence-electron chi connectivity index (χ2n) is 6.78. The topological polar surface area (TPSA) is 70.1 Å². The molecule has 1 amide bonds. The minimum atomic E-state index is -5.08. The molecule has 2 saturated heterocycles. The van der Waals surface area contributed by atoms with Crippen molar-refractivity contribution in [3.05, 3.63) is 0 Å². The van der Waals surface area contributed by atoms with Crippen LogP contribution in [0.15, 0.2) is 0 Å². The highest BCUT2D eigenvalue weighted by Gasteiger charge is 2.43. The predicted octanol–water partition coefficient (Wildman–Crippen LogP) is 1.74. The molecule has 9 heteroatoms. The number of carboxylic acids is 1. The Bertz CT molecular complexity index is 482. The summed E-state index contributed by atoms with van der Waals surface area (Å²) in [5, 5.41) is 7.12. The quantitative estimate of drug-likeness (QED) is 0.803. The van der Waals surface area contributed by atoms with Crippen LogP contribution in [0.25, 0.3) is 0 Å². The van der Waals surface area contributed by atoms with Crippen molar-refractivity contribution in [2.75, 3.05) is 33.4 Å². The fraction of sp³-hybridized carbons (Fsp3) is 0.875. The highest BCUT2D eigenvalue weighted by molar-refractivity contribution is 5.77. The average Bonchev–Trinajstić information content (AvgIpc) is 3.25. The maximum Gasteiger partial charge on any atom is 0.490 e. The van der Waals surface area contributed by atoms with Gasteiger partial charge in [-0.25, -0.2) is 4.79 Å². The third kappa shape index (κ3) is 5.57. The molecule has 0 aromatic heterocycles. The third-order valence-electron chi connectivity index (χ3n) is 4.97. The normalized spacial score (nSPS) is 26.9. The number of hydrogen-bond donors (Lipinski definition) is 1. The number of ether oxygens (including phenoxy) is 1. The Kier molecular flexibility index (Phi) is 6.67. The lowest BCUT2D eigenvalue weighted by Crippen LogP contribution is -2.53. The highest BCUT2D eigenvalue weighted by Crippen LogP contribution is 2.36. The van der Waals surface area contributed by atoms with Gasteiger partial charge in [-0.2, -0.15) is 13.2 Å². The van der Waals surface area contributed by atoms with Crippen molar-refractivity contribution < 1.29 is 32.6 Å². The summed E-state index contributed by atoms with van der Waals surface area (Å²) in [5.41, 5.74) is 0. The van der Waals surface area contributed by atoms with Gasteiger partial charge in [0.1, 0.15) is 0 Å². The summed E-state index contributed by atoms with van der Waals surface area (Å²) in [6.07, 6.45) is 0.707. The van der Waals surface area contributed by atoms with Gasteiger partial charge in [0.15, 0.2) is 0 Å². The van der Waals surface area contributed by atoms with Crippen LogP contribution in [0.4, 0.5) is 13.2 Å². The number of amides is 1. The maximum absolute atomic E-state index is 12.0. The van der Waals surface area contributed by atoms with Crippen LogP contribution in [0, 0.1) is 5.92 Å². The Labute approximate surface area is 144 Å². The molecule has 0 spiro atoms. The summed E-state index contributed by atoms with van der Waals surface area (Å²) < 4.78 is 36.9. The number of rotatable bonds is 5. The van der Waals surface area contributed by atoms with E-state index in [0.717, 1.165) is 31.7 Å². The number of nitrogens with zero attached hydrogens (tertiary/aromatic N) is 2. The number of carboxylic acid groups (broad SMARTS) is 1. The van der Waals surface area contributed by atoms with E-state index in [1.54, 1.807) is 7.11 Å². The van der Waals surface area contributed by atoms with E-state index in [2.05, 4.69) is 9.80 Å². The van der Waals surface area contributed by atoms with Gasteiger partial charge in [0.25, 0.3) is 0 Å². The zero-order chi connectivity index (χ0) is 18.6. The number of alkyl halides is 3. The average molecular weight is 366 g/mol. The first-order chi connectivity index (χ1) is 11.7. The minimum Gasteiger partial charge on any atom is -0.475 e. The number of carbonyl (C=O) groups excluding carboxylic acids is 1.